The summed E-state index contributed by atoms with van der Waals surface area (Å²) in [5.74, 6) is 1.07. The maximum atomic E-state index is 12.5. The molecule has 3 rings (SSSR count). The lowest BCUT2D eigenvalue weighted by molar-refractivity contribution is 0.0561. The van der Waals surface area contributed by atoms with E-state index in [4.69, 9.17) is 21.1 Å². The van der Waals surface area contributed by atoms with Crippen molar-refractivity contribution in [3.8, 4) is 11.5 Å². The number of ether oxygens (including phenoxy) is 2. The van der Waals surface area contributed by atoms with Crippen molar-refractivity contribution in [2.45, 2.75) is 103 Å². The van der Waals surface area contributed by atoms with Gasteiger partial charge in [0.2, 0.25) is 0 Å². The number of aryl methyl sites for hydroxylation is 2. The van der Waals surface area contributed by atoms with Gasteiger partial charge in [-0.3, -0.25) is 0 Å². The number of carbonyl (C=O) groups excluding carboxylic acids is 1. The summed E-state index contributed by atoms with van der Waals surface area (Å²) in [5, 5.41) is 0.394. The maximum Gasteiger partial charge on any atom is 0.426 e. The Balaban J connectivity index is 1.52. The van der Waals surface area contributed by atoms with Gasteiger partial charge in [-0.05, 0) is 140 Å². The molecule has 0 radical (unpaired) electrons. The number of fused-ring (bicyclic) bond motifs is 1. The Hall–Kier alpha value is -3.03. The van der Waals surface area contributed by atoms with E-state index in [1.54, 1.807) is 12.1 Å². The number of amides is 1. The molecule has 8 heteroatoms. The molecule has 42 heavy (non-hydrogen) atoms. The first-order valence-corrected chi connectivity index (χ1v) is 16.4. The van der Waals surface area contributed by atoms with E-state index < -0.39 is 16.1 Å². The highest BCUT2D eigenvalue weighted by Gasteiger charge is 2.32. The molecule has 0 unspecified atom stereocenters. The van der Waals surface area contributed by atoms with E-state index in [1.807, 2.05) is 11.6 Å². The molecule has 0 bridgehead atoms. The van der Waals surface area contributed by atoms with Gasteiger partial charge in [0.05, 0.1) is 4.90 Å². The molecule has 1 N–H and O–H groups in total. The molecule has 1 atom stereocenters. The summed E-state index contributed by atoms with van der Waals surface area (Å²) in [6, 6.07) is 8.95. The van der Waals surface area contributed by atoms with Crippen molar-refractivity contribution in [2.24, 2.45) is 0 Å². The van der Waals surface area contributed by atoms with E-state index in [1.165, 1.54) is 41.0 Å². The Morgan fingerprint density at radius 1 is 1.00 bits per heavy atom. The Morgan fingerprint density at radius 3 is 2.26 bits per heavy atom. The number of rotatable bonds is 12. The minimum atomic E-state index is -4.09. The number of halogens is 1. The normalized spacial score (nSPS) is 17.2. The SMILES string of the molecule is CC(C)=CCCC(C)=CCCC(C)=CCC[C@]1(C)CCc2cc(OC(=O)NS(=O)(=O)c3ccc(Cl)cc3)cc(C)c2O1. The molecule has 1 heterocycles. The Morgan fingerprint density at radius 2 is 1.62 bits per heavy atom. The third-order valence-electron chi connectivity index (χ3n) is 7.44. The number of sulfonamides is 1. The van der Waals surface area contributed by atoms with Crippen molar-refractivity contribution in [3.63, 3.8) is 0 Å². The molecular weight excluding hydrogens is 570 g/mol. The average Bonchev–Trinajstić information content (AvgIpc) is 2.89. The second kappa shape index (κ2) is 14.9. The van der Waals surface area contributed by atoms with Crippen LogP contribution in [-0.4, -0.2) is 20.1 Å². The summed E-state index contributed by atoms with van der Waals surface area (Å²) >= 11 is 5.82. The lowest BCUT2D eigenvalue weighted by Gasteiger charge is -2.37. The molecule has 228 valence electrons. The number of allylic oxidation sites excluding steroid dienone is 6. The first-order chi connectivity index (χ1) is 19.8. The number of carbonyl (C=O) groups is 1. The van der Waals surface area contributed by atoms with Gasteiger partial charge in [0, 0.05) is 5.02 Å². The predicted molar refractivity (Wildman–Crippen MR) is 171 cm³/mol. The van der Waals surface area contributed by atoms with Gasteiger partial charge in [0.25, 0.3) is 10.0 Å². The van der Waals surface area contributed by atoms with E-state index >= 15 is 0 Å². The van der Waals surface area contributed by atoms with Crippen LogP contribution in [0.2, 0.25) is 5.02 Å². The Labute approximate surface area is 256 Å². The molecule has 0 saturated carbocycles. The van der Waals surface area contributed by atoms with Gasteiger partial charge in [-0.15, -0.1) is 0 Å². The number of hydrogen-bond donors (Lipinski definition) is 1. The van der Waals surface area contributed by atoms with Gasteiger partial charge in [-0.1, -0.05) is 46.5 Å². The molecule has 0 aliphatic carbocycles. The fraction of sp³-hybridized carbons (Fsp3) is 0.441. The van der Waals surface area contributed by atoms with Gasteiger partial charge in [0.15, 0.2) is 0 Å². The molecular formula is C34H44ClNO5S. The van der Waals surface area contributed by atoms with Crippen molar-refractivity contribution in [2.75, 3.05) is 0 Å². The molecule has 0 aromatic heterocycles. The van der Waals surface area contributed by atoms with Crippen molar-refractivity contribution >= 4 is 27.7 Å². The first kappa shape index (κ1) is 33.5. The Bertz CT molecular complexity index is 1450. The Kier molecular flexibility index (Phi) is 11.9. The fourth-order valence-corrected chi connectivity index (χ4v) is 5.95. The van der Waals surface area contributed by atoms with Crippen LogP contribution in [0.25, 0.3) is 0 Å². The number of hydrogen-bond acceptors (Lipinski definition) is 5. The smallest absolute Gasteiger partial charge is 0.426 e. The van der Waals surface area contributed by atoms with Crippen LogP contribution in [0.15, 0.2) is 76.2 Å². The van der Waals surface area contributed by atoms with Crippen LogP contribution < -0.4 is 14.2 Å². The van der Waals surface area contributed by atoms with Crippen LogP contribution in [0, 0.1) is 6.92 Å². The van der Waals surface area contributed by atoms with Crippen LogP contribution >= 0.6 is 11.6 Å². The van der Waals surface area contributed by atoms with E-state index in [9.17, 15) is 13.2 Å². The monoisotopic (exact) mass is 613 g/mol. The second-order valence-electron chi connectivity index (χ2n) is 11.7. The lowest BCUT2D eigenvalue weighted by atomic mass is 9.87. The fourth-order valence-electron chi connectivity index (χ4n) is 4.95. The molecule has 1 aliphatic rings. The maximum absolute atomic E-state index is 12.5. The van der Waals surface area contributed by atoms with Crippen LogP contribution in [0.4, 0.5) is 4.79 Å². The van der Waals surface area contributed by atoms with Crippen LogP contribution in [-0.2, 0) is 16.4 Å². The topological polar surface area (TPSA) is 81.7 Å². The van der Waals surface area contributed by atoms with E-state index in [2.05, 4.69) is 52.8 Å². The predicted octanol–water partition coefficient (Wildman–Crippen LogP) is 9.41. The summed E-state index contributed by atoms with van der Waals surface area (Å²) in [4.78, 5) is 12.3. The van der Waals surface area contributed by atoms with Crippen molar-refractivity contribution < 1.29 is 22.7 Å². The molecule has 2 aromatic rings. The van der Waals surface area contributed by atoms with Crippen molar-refractivity contribution in [3.05, 3.63) is 87.5 Å². The summed E-state index contributed by atoms with van der Waals surface area (Å²) in [7, 11) is -4.09. The highest BCUT2D eigenvalue weighted by molar-refractivity contribution is 7.90. The summed E-state index contributed by atoms with van der Waals surface area (Å²) in [5.41, 5.74) is 5.71. The molecule has 6 nitrogen and oxygen atoms in total. The van der Waals surface area contributed by atoms with Gasteiger partial charge in [-0.25, -0.2) is 17.9 Å². The van der Waals surface area contributed by atoms with E-state index in [0.717, 1.165) is 68.2 Å². The van der Waals surface area contributed by atoms with Gasteiger partial charge in [-0.2, -0.15) is 0 Å². The largest absolute Gasteiger partial charge is 0.487 e. The quantitative estimate of drug-likeness (QED) is 0.241. The highest BCUT2D eigenvalue weighted by atomic mass is 35.5. The first-order valence-electron chi connectivity index (χ1n) is 14.5. The molecule has 0 spiro atoms. The number of benzene rings is 2. The molecule has 2 aromatic carbocycles. The summed E-state index contributed by atoms with van der Waals surface area (Å²) < 4.78 is 38.8. The van der Waals surface area contributed by atoms with Crippen LogP contribution in [0.1, 0.15) is 90.7 Å². The van der Waals surface area contributed by atoms with Gasteiger partial charge < -0.3 is 9.47 Å². The minimum Gasteiger partial charge on any atom is -0.487 e. The zero-order valence-corrected chi connectivity index (χ0v) is 27.3. The van der Waals surface area contributed by atoms with Crippen molar-refractivity contribution in [1.82, 2.24) is 4.72 Å². The summed E-state index contributed by atoms with van der Waals surface area (Å²) in [6.45, 7) is 12.8. The standard InChI is InChI=1S/C34H44ClNO5S/c1-24(2)10-7-11-25(3)12-8-13-26(4)14-9-20-34(6)21-19-28-23-30(22-27(5)32(28)41-34)40-33(37)36-42(38,39)31-17-15-29(35)16-18-31/h10,12,14-18,22-23H,7-9,11,13,19-21H2,1-6H3,(H,36,37)/t34-/m1/s1. The molecule has 1 aliphatic heterocycles. The highest BCUT2D eigenvalue weighted by Crippen LogP contribution is 2.40. The van der Waals surface area contributed by atoms with Crippen LogP contribution in [0.5, 0.6) is 11.5 Å². The lowest BCUT2D eigenvalue weighted by Crippen LogP contribution is -2.36. The van der Waals surface area contributed by atoms with Gasteiger partial charge in [0.1, 0.15) is 17.1 Å². The summed E-state index contributed by atoms with van der Waals surface area (Å²) in [6.07, 6.45) is 13.7. The second-order valence-corrected chi connectivity index (χ2v) is 13.8. The number of nitrogens with one attached hydrogen (secondary N) is 1. The average molecular weight is 614 g/mol. The third kappa shape index (κ3) is 10.4. The molecule has 0 fully saturated rings. The molecule has 0 saturated heterocycles. The minimum absolute atomic E-state index is 0.0825. The zero-order chi connectivity index (χ0) is 30.9. The molecule has 1 amide bonds. The van der Waals surface area contributed by atoms with E-state index in [-0.39, 0.29) is 16.2 Å². The van der Waals surface area contributed by atoms with E-state index in [0.29, 0.717) is 5.02 Å². The van der Waals surface area contributed by atoms with Gasteiger partial charge >= 0.3 is 6.09 Å². The van der Waals surface area contributed by atoms with Crippen molar-refractivity contribution in [1.29, 1.82) is 0 Å². The zero-order valence-electron chi connectivity index (χ0n) is 25.7. The third-order valence-corrected chi connectivity index (χ3v) is 9.02. The van der Waals surface area contributed by atoms with Crippen LogP contribution in [0.3, 0.4) is 0 Å².